The zero-order valence-corrected chi connectivity index (χ0v) is 12.2. The largest absolute Gasteiger partial charge is 0.491 e. The maximum atomic E-state index is 13.1. The van der Waals surface area contributed by atoms with Crippen molar-refractivity contribution >= 4 is 21.7 Å². The topological polar surface area (TPSA) is 34.2 Å². The van der Waals surface area contributed by atoms with E-state index >= 15 is 0 Å². The van der Waals surface area contributed by atoms with Gasteiger partial charge in [0.2, 0.25) is 0 Å². The van der Waals surface area contributed by atoms with E-state index in [1.807, 2.05) is 18.2 Å². The smallest absolute Gasteiger partial charge is 0.419 e. The molecule has 0 radical (unpaired) electrons. The zero-order chi connectivity index (χ0) is 15.0. The molecule has 3 nitrogen and oxygen atoms in total. The van der Waals surface area contributed by atoms with E-state index in [0.29, 0.717) is 5.75 Å². The Bertz CT molecular complexity index is 676. The highest BCUT2D eigenvalue weighted by molar-refractivity contribution is 9.10. The Kier molecular flexibility index (Phi) is 3.52. The first-order valence-corrected chi connectivity index (χ1v) is 6.95. The van der Waals surface area contributed by atoms with Crippen LogP contribution in [0.3, 0.4) is 0 Å². The van der Waals surface area contributed by atoms with Crippen LogP contribution in [0, 0.1) is 0 Å². The van der Waals surface area contributed by atoms with Crippen molar-refractivity contribution in [2.24, 2.45) is 0 Å². The molecular weight excluding hydrogens is 349 g/mol. The summed E-state index contributed by atoms with van der Waals surface area (Å²) in [5.74, 6) is 0.483. The van der Waals surface area contributed by atoms with Crippen LogP contribution >= 0.6 is 15.9 Å². The molecule has 1 aromatic heterocycles. The maximum Gasteiger partial charge on any atom is 0.419 e. The number of anilines is 1. The summed E-state index contributed by atoms with van der Waals surface area (Å²) in [6.07, 6.45) is -3.14. The van der Waals surface area contributed by atoms with Crippen molar-refractivity contribution in [2.75, 3.05) is 11.9 Å². The van der Waals surface area contributed by atoms with Crippen molar-refractivity contribution in [3.05, 3.63) is 52.1 Å². The molecule has 0 amide bonds. The van der Waals surface area contributed by atoms with E-state index < -0.39 is 11.7 Å². The summed E-state index contributed by atoms with van der Waals surface area (Å²) in [6.45, 7) is 0.272. The van der Waals surface area contributed by atoms with Crippen LogP contribution < -0.4 is 10.1 Å². The number of para-hydroxylation sites is 1. The number of nitrogens with zero attached hydrogens (tertiary/aromatic N) is 1. The van der Waals surface area contributed by atoms with Crippen LogP contribution in [0.5, 0.6) is 5.75 Å². The van der Waals surface area contributed by atoms with Gasteiger partial charge in [-0.15, -0.1) is 0 Å². The van der Waals surface area contributed by atoms with Crippen molar-refractivity contribution in [1.29, 1.82) is 0 Å². The number of ether oxygens (including phenoxy) is 1. The fourth-order valence-corrected chi connectivity index (χ4v) is 2.55. The molecule has 0 bridgehead atoms. The Morgan fingerprint density at radius 1 is 1.29 bits per heavy atom. The number of hydrogen-bond acceptors (Lipinski definition) is 3. The third-order valence-corrected chi connectivity index (χ3v) is 3.60. The van der Waals surface area contributed by atoms with Gasteiger partial charge in [0.1, 0.15) is 18.2 Å². The highest BCUT2D eigenvalue weighted by Gasteiger charge is 2.36. The summed E-state index contributed by atoms with van der Waals surface area (Å²) < 4.78 is 44.9. The van der Waals surface area contributed by atoms with Gasteiger partial charge in [0.05, 0.1) is 11.6 Å². The van der Waals surface area contributed by atoms with E-state index in [2.05, 4.69) is 26.2 Å². The van der Waals surface area contributed by atoms with Crippen LogP contribution in [-0.2, 0) is 6.18 Å². The van der Waals surface area contributed by atoms with Crippen molar-refractivity contribution in [2.45, 2.75) is 12.2 Å². The standard InChI is InChI=1S/C14H10BrF3N2O/c15-8-5-10(14(16,17)18)13(19-6-8)20-11-7-21-12-4-2-1-3-9(11)12/h1-6,11H,7H2,(H,19,20). The Morgan fingerprint density at radius 2 is 2.05 bits per heavy atom. The van der Waals surface area contributed by atoms with Crippen molar-refractivity contribution in [1.82, 2.24) is 4.98 Å². The maximum absolute atomic E-state index is 13.1. The molecule has 1 aliphatic rings. The Morgan fingerprint density at radius 3 is 2.81 bits per heavy atom. The number of halogens is 4. The molecule has 1 aromatic carbocycles. The fourth-order valence-electron chi connectivity index (χ4n) is 2.22. The summed E-state index contributed by atoms with van der Waals surface area (Å²) in [5, 5.41) is 2.82. The summed E-state index contributed by atoms with van der Waals surface area (Å²) in [4.78, 5) is 3.85. The predicted octanol–water partition coefficient (Wildman–Crippen LogP) is 4.41. The number of rotatable bonds is 2. The van der Waals surface area contributed by atoms with Crippen LogP contribution in [0.4, 0.5) is 19.0 Å². The van der Waals surface area contributed by atoms with Crippen LogP contribution in [0.25, 0.3) is 0 Å². The molecule has 0 aliphatic carbocycles. The van der Waals surface area contributed by atoms with Crippen LogP contribution in [0.15, 0.2) is 41.0 Å². The lowest BCUT2D eigenvalue weighted by Gasteiger charge is -2.17. The first-order valence-electron chi connectivity index (χ1n) is 6.16. The van der Waals surface area contributed by atoms with Gasteiger partial charge in [0, 0.05) is 16.2 Å². The average molecular weight is 359 g/mol. The second-order valence-corrected chi connectivity index (χ2v) is 5.51. The predicted molar refractivity (Wildman–Crippen MR) is 75.2 cm³/mol. The van der Waals surface area contributed by atoms with Crippen LogP contribution in [0.2, 0.25) is 0 Å². The SMILES string of the molecule is FC(F)(F)c1cc(Br)cnc1NC1COc2ccccc21. The van der Waals surface area contributed by atoms with Gasteiger partial charge in [-0.05, 0) is 28.1 Å². The number of fused-ring (bicyclic) bond motifs is 1. The van der Waals surface area contributed by atoms with Gasteiger partial charge in [-0.1, -0.05) is 18.2 Å². The van der Waals surface area contributed by atoms with E-state index in [1.54, 1.807) is 6.07 Å². The first-order chi connectivity index (χ1) is 9.95. The molecule has 1 atom stereocenters. The van der Waals surface area contributed by atoms with Crippen molar-refractivity contribution in [3.8, 4) is 5.75 Å². The first kappa shape index (κ1) is 14.2. The zero-order valence-electron chi connectivity index (χ0n) is 10.6. The van der Waals surface area contributed by atoms with Gasteiger partial charge in [-0.3, -0.25) is 0 Å². The fraction of sp³-hybridized carbons (Fsp3) is 0.214. The van der Waals surface area contributed by atoms with E-state index in [9.17, 15) is 13.2 Å². The monoisotopic (exact) mass is 358 g/mol. The third-order valence-electron chi connectivity index (χ3n) is 3.17. The molecule has 0 saturated heterocycles. The minimum absolute atomic E-state index is 0.198. The summed E-state index contributed by atoms with van der Waals surface area (Å²) in [6, 6.07) is 7.91. The lowest BCUT2D eigenvalue weighted by Crippen LogP contribution is -2.17. The summed E-state index contributed by atoms with van der Waals surface area (Å²) in [7, 11) is 0. The number of pyridine rings is 1. The number of nitrogens with one attached hydrogen (secondary N) is 1. The second-order valence-electron chi connectivity index (χ2n) is 4.59. The third kappa shape index (κ3) is 2.83. The van der Waals surface area contributed by atoms with E-state index in [0.717, 1.165) is 11.6 Å². The molecule has 2 aromatic rings. The number of alkyl halides is 3. The van der Waals surface area contributed by atoms with Crippen molar-refractivity contribution < 1.29 is 17.9 Å². The van der Waals surface area contributed by atoms with Crippen molar-refractivity contribution in [3.63, 3.8) is 0 Å². The number of hydrogen-bond donors (Lipinski definition) is 1. The molecule has 0 fully saturated rings. The molecule has 110 valence electrons. The van der Waals surface area contributed by atoms with E-state index in [-0.39, 0.29) is 22.9 Å². The highest BCUT2D eigenvalue weighted by atomic mass is 79.9. The lowest BCUT2D eigenvalue weighted by molar-refractivity contribution is -0.137. The van der Waals surface area contributed by atoms with Gasteiger partial charge in [-0.2, -0.15) is 13.2 Å². The van der Waals surface area contributed by atoms with Gasteiger partial charge >= 0.3 is 6.18 Å². The molecular formula is C14H10BrF3N2O. The Labute approximate surface area is 127 Å². The van der Waals surface area contributed by atoms with Gasteiger partial charge in [-0.25, -0.2) is 4.98 Å². The minimum atomic E-state index is -4.47. The number of benzene rings is 1. The van der Waals surface area contributed by atoms with E-state index in [4.69, 9.17) is 4.74 Å². The molecule has 0 spiro atoms. The molecule has 2 heterocycles. The Balaban J connectivity index is 1.93. The molecule has 1 aliphatic heterocycles. The summed E-state index contributed by atoms with van der Waals surface area (Å²) in [5.41, 5.74) is 0.0246. The lowest BCUT2D eigenvalue weighted by atomic mass is 10.1. The molecule has 0 saturated carbocycles. The van der Waals surface area contributed by atoms with E-state index in [1.165, 1.54) is 6.20 Å². The Hall–Kier alpha value is -1.76. The average Bonchev–Trinajstić information content (AvgIpc) is 2.83. The molecule has 3 rings (SSSR count). The molecule has 21 heavy (non-hydrogen) atoms. The van der Waals surface area contributed by atoms with Crippen LogP contribution in [-0.4, -0.2) is 11.6 Å². The second kappa shape index (κ2) is 5.22. The number of aromatic nitrogens is 1. The summed E-state index contributed by atoms with van der Waals surface area (Å²) >= 11 is 3.01. The highest BCUT2D eigenvalue weighted by Crippen LogP contribution is 2.39. The minimum Gasteiger partial charge on any atom is -0.491 e. The quantitative estimate of drug-likeness (QED) is 0.863. The molecule has 1 unspecified atom stereocenters. The molecule has 7 heteroatoms. The van der Waals surface area contributed by atoms with Gasteiger partial charge < -0.3 is 10.1 Å². The molecule has 1 N–H and O–H groups in total. The van der Waals surface area contributed by atoms with Gasteiger partial charge in [0.25, 0.3) is 0 Å². The van der Waals surface area contributed by atoms with Crippen LogP contribution in [0.1, 0.15) is 17.2 Å². The normalized spacial score (nSPS) is 17.2. The van der Waals surface area contributed by atoms with Gasteiger partial charge in [0.15, 0.2) is 0 Å².